The van der Waals surface area contributed by atoms with Crippen molar-refractivity contribution >= 4 is 17.8 Å². The number of hydrogen-bond donors (Lipinski definition) is 1. The monoisotopic (exact) mass is 355 g/mol. The quantitative estimate of drug-likeness (QED) is 0.193. The van der Waals surface area contributed by atoms with Crippen LogP contribution in [-0.4, -0.2) is 58.1 Å². The van der Waals surface area contributed by atoms with Crippen molar-refractivity contribution in [3.63, 3.8) is 0 Å². The Hall–Kier alpha value is -2.45. The van der Waals surface area contributed by atoms with Gasteiger partial charge in [0.2, 0.25) is 5.91 Å². The zero-order valence-corrected chi connectivity index (χ0v) is 15.0. The highest BCUT2D eigenvalue weighted by molar-refractivity contribution is 5.99. The van der Waals surface area contributed by atoms with Crippen molar-refractivity contribution in [1.82, 2.24) is 5.32 Å². The van der Waals surface area contributed by atoms with Crippen molar-refractivity contribution in [2.75, 3.05) is 34.2 Å². The van der Waals surface area contributed by atoms with Crippen molar-refractivity contribution < 1.29 is 33.3 Å². The summed E-state index contributed by atoms with van der Waals surface area (Å²) in [6.45, 7) is 9.82. The molecule has 0 aromatic heterocycles. The van der Waals surface area contributed by atoms with E-state index >= 15 is 0 Å². The summed E-state index contributed by atoms with van der Waals surface area (Å²) in [6.07, 6.45) is 0.577. The molecular weight excluding hydrogens is 330 g/mol. The summed E-state index contributed by atoms with van der Waals surface area (Å²) < 4.78 is 20.0. The van der Waals surface area contributed by atoms with Crippen LogP contribution in [0.25, 0.3) is 0 Å². The summed E-state index contributed by atoms with van der Waals surface area (Å²) in [7, 11) is 2.88. The number of carbonyl (C=O) groups is 3. The minimum absolute atomic E-state index is 0.0472. The molecule has 0 bridgehead atoms. The second kappa shape index (κ2) is 12.0. The Morgan fingerprint density at radius 1 is 1.12 bits per heavy atom. The van der Waals surface area contributed by atoms with Crippen LogP contribution in [0, 0.1) is 0 Å². The number of ether oxygens (including phenoxy) is 4. The van der Waals surface area contributed by atoms with Crippen LogP contribution in [0.2, 0.25) is 0 Å². The molecule has 1 atom stereocenters. The maximum atomic E-state index is 12.2. The maximum absolute atomic E-state index is 12.2. The normalized spacial score (nSPS) is 12.1. The Labute approximate surface area is 147 Å². The predicted octanol–water partition coefficient (Wildman–Crippen LogP) is 0.887. The summed E-state index contributed by atoms with van der Waals surface area (Å²) in [6, 6.07) is 0. The number of amides is 1. The zero-order valence-electron chi connectivity index (χ0n) is 15.0. The summed E-state index contributed by atoms with van der Waals surface area (Å²) in [5.74, 6) is -1.74. The Balaban J connectivity index is 4.89. The highest BCUT2D eigenvalue weighted by Crippen LogP contribution is 2.12. The first-order chi connectivity index (χ1) is 11.7. The first kappa shape index (κ1) is 22.6. The highest BCUT2D eigenvalue weighted by Gasteiger charge is 2.21. The number of likely N-dealkylation sites (N-methyl/N-ethyl adjacent to an activating group) is 1. The van der Waals surface area contributed by atoms with E-state index < -0.39 is 23.9 Å². The summed E-state index contributed by atoms with van der Waals surface area (Å²) >= 11 is 0. The van der Waals surface area contributed by atoms with Gasteiger partial charge >= 0.3 is 11.9 Å². The molecule has 0 fully saturated rings. The smallest absolute Gasteiger partial charge is 0.336 e. The van der Waals surface area contributed by atoms with E-state index in [2.05, 4.69) is 18.5 Å². The molecule has 0 saturated carbocycles. The van der Waals surface area contributed by atoms with Crippen molar-refractivity contribution in [2.45, 2.75) is 20.0 Å². The summed E-state index contributed by atoms with van der Waals surface area (Å²) in [5.41, 5.74) is 0.392. The van der Waals surface area contributed by atoms with E-state index in [0.717, 1.165) is 0 Å². The molecule has 0 radical (unpaired) electrons. The zero-order chi connectivity index (χ0) is 19.4. The number of nitrogens with one attached hydrogen (secondary N) is 1. The van der Waals surface area contributed by atoms with E-state index in [9.17, 15) is 14.4 Å². The minimum atomic E-state index is -0.722. The number of rotatable bonds is 11. The van der Waals surface area contributed by atoms with Gasteiger partial charge in [0.15, 0.2) is 0 Å². The van der Waals surface area contributed by atoms with Crippen LogP contribution < -0.4 is 5.32 Å². The lowest BCUT2D eigenvalue weighted by Gasteiger charge is -2.16. The first-order valence-corrected chi connectivity index (χ1v) is 7.47. The molecule has 0 heterocycles. The van der Waals surface area contributed by atoms with E-state index in [0.29, 0.717) is 0 Å². The molecule has 0 rings (SSSR count). The fourth-order valence-electron chi connectivity index (χ4n) is 1.49. The van der Waals surface area contributed by atoms with E-state index in [1.54, 1.807) is 6.92 Å². The van der Waals surface area contributed by atoms with Crippen LogP contribution in [0.3, 0.4) is 0 Å². The third kappa shape index (κ3) is 8.83. The fraction of sp³-hybridized carbons (Fsp3) is 0.471. The molecule has 0 saturated heterocycles. The third-order valence-electron chi connectivity index (χ3n) is 2.86. The predicted molar refractivity (Wildman–Crippen MR) is 90.4 cm³/mol. The Bertz CT molecular complexity index is 551. The molecule has 1 amide bonds. The van der Waals surface area contributed by atoms with Gasteiger partial charge in [-0.3, -0.25) is 4.79 Å². The average Bonchev–Trinajstić information content (AvgIpc) is 2.59. The number of carbonyl (C=O) groups excluding carboxylic acids is 3. The Morgan fingerprint density at radius 3 is 2.16 bits per heavy atom. The van der Waals surface area contributed by atoms with Gasteiger partial charge in [0.25, 0.3) is 0 Å². The lowest BCUT2D eigenvalue weighted by molar-refractivity contribution is -0.148. The van der Waals surface area contributed by atoms with Crippen molar-refractivity contribution in [3.05, 3.63) is 36.0 Å². The van der Waals surface area contributed by atoms with Crippen molar-refractivity contribution in [1.29, 1.82) is 0 Å². The second-order valence-corrected chi connectivity index (χ2v) is 4.97. The van der Waals surface area contributed by atoms with Crippen LogP contribution in [0.4, 0.5) is 0 Å². The van der Waals surface area contributed by atoms with Gasteiger partial charge in [0.1, 0.15) is 20.0 Å². The molecule has 0 aliphatic rings. The Kier molecular flexibility index (Phi) is 10.8. The maximum Gasteiger partial charge on any atom is 0.336 e. The molecule has 140 valence electrons. The van der Waals surface area contributed by atoms with E-state index in [1.807, 2.05) is 0 Å². The first-order valence-electron chi connectivity index (χ1n) is 7.47. The standard InChI is InChI=1S/C17H25NO7/c1-11(2)16(20)23-7-8-24-17(21)14(13(4)25-10-22-6)9-12(3)15(19)18-5/h9,13H,1,3,7-8,10H2,2,4-6H3,(H,18,19)/b14-9+. The average molecular weight is 355 g/mol. The molecule has 0 spiro atoms. The van der Waals surface area contributed by atoms with Gasteiger partial charge in [-0.2, -0.15) is 0 Å². The number of esters is 2. The third-order valence-corrected chi connectivity index (χ3v) is 2.86. The van der Waals surface area contributed by atoms with Gasteiger partial charge < -0.3 is 24.3 Å². The van der Waals surface area contributed by atoms with E-state index in [-0.39, 0.29) is 36.7 Å². The van der Waals surface area contributed by atoms with Gasteiger partial charge in [0.05, 0.1) is 11.7 Å². The molecule has 8 heteroatoms. The SMILES string of the molecule is C=C(C)C(=O)OCCOC(=O)/C(=C/C(=C)C(=O)NC)C(C)OCOC. The number of hydrogen-bond acceptors (Lipinski definition) is 7. The molecule has 0 aliphatic carbocycles. The molecular formula is C17H25NO7. The van der Waals surface area contributed by atoms with Gasteiger partial charge in [-0.1, -0.05) is 13.2 Å². The largest absolute Gasteiger partial charge is 0.459 e. The Morgan fingerprint density at radius 2 is 1.68 bits per heavy atom. The highest BCUT2D eigenvalue weighted by atomic mass is 16.7. The molecule has 0 aliphatic heterocycles. The topological polar surface area (TPSA) is 100 Å². The van der Waals surface area contributed by atoms with Crippen LogP contribution in [0.5, 0.6) is 0 Å². The van der Waals surface area contributed by atoms with Gasteiger partial charge in [-0.05, 0) is 19.9 Å². The summed E-state index contributed by atoms with van der Waals surface area (Å²) in [5, 5.41) is 2.40. The van der Waals surface area contributed by atoms with E-state index in [1.165, 1.54) is 27.2 Å². The molecule has 1 N–H and O–H groups in total. The van der Waals surface area contributed by atoms with Crippen molar-refractivity contribution in [2.24, 2.45) is 0 Å². The molecule has 1 unspecified atom stereocenters. The van der Waals surface area contributed by atoms with E-state index in [4.69, 9.17) is 18.9 Å². The van der Waals surface area contributed by atoms with Crippen LogP contribution in [0.15, 0.2) is 36.0 Å². The molecule has 8 nitrogen and oxygen atoms in total. The second-order valence-electron chi connectivity index (χ2n) is 4.97. The summed E-state index contributed by atoms with van der Waals surface area (Å²) in [4.78, 5) is 35.0. The van der Waals surface area contributed by atoms with Gasteiger partial charge in [-0.25, -0.2) is 9.59 Å². The van der Waals surface area contributed by atoms with Crippen LogP contribution in [0.1, 0.15) is 13.8 Å². The van der Waals surface area contributed by atoms with Crippen LogP contribution in [-0.2, 0) is 33.3 Å². The lowest BCUT2D eigenvalue weighted by atomic mass is 10.1. The van der Waals surface area contributed by atoms with Gasteiger partial charge in [0, 0.05) is 25.3 Å². The molecule has 0 aromatic rings. The minimum Gasteiger partial charge on any atom is -0.459 e. The molecule has 25 heavy (non-hydrogen) atoms. The number of methoxy groups -OCH3 is 1. The van der Waals surface area contributed by atoms with Gasteiger partial charge in [-0.15, -0.1) is 0 Å². The van der Waals surface area contributed by atoms with Crippen LogP contribution >= 0.6 is 0 Å². The fourth-order valence-corrected chi connectivity index (χ4v) is 1.49. The van der Waals surface area contributed by atoms with Crippen molar-refractivity contribution in [3.8, 4) is 0 Å². The lowest BCUT2D eigenvalue weighted by Crippen LogP contribution is -2.25. The molecule has 0 aromatic carbocycles.